The second-order valence-corrected chi connectivity index (χ2v) is 13.9. The largest absolute Gasteiger partial charge is 0.428 e. The Bertz CT molecular complexity index is 1520. The van der Waals surface area contributed by atoms with Gasteiger partial charge in [0.25, 0.3) is 0 Å². The number of hydrogen-bond acceptors (Lipinski definition) is 6. The molecule has 3 N–H and O–H groups in total. The first-order valence-corrected chi connectivity index (χ1v) is 15.7. The third kappa shape index (κ3) is 4.29. The molecule has 234 valence electrons. The van der Waals surface area contributed by atoms with Gasteiger partial charge in [-0.25, -0.2) is 4.39 Å². The van der Waals surface area contributed by atoms with E-state index in [0.717, 1.165) is 12.8 Å². The lowest BCUT2D eigenvalue weighted by Gasteiger charge is -2.60. The van der Waals surface area contributed by atoms with Crippen LogP contribution in [0.5, 0.6) is 0 Å². The van der Waals surface area contributed by atoms with Crippen molar-refractivity contribution in [2.75, 3.05) is 13.3 Å². The van der Waals surface area contributed by atoms with Gasteiger partial charge in [-0.3, -0.25) is 23.7 Å². The molecule has 2 unspecified atom stereocenters. The van der Waals surface area contributed by atoms with Crippen molar-refractivity contribution in [1.82, 2.24) is 26.1 Å². The number of halogens is 5. The zero-order valence-electron chi connectivity index (χ0n) is 23.7. The highest BCUT2D eigenvalue weighted by molar-refractivity contribution is 6.31. The lowest BCUT2D eigenvalue weighted by molar-refractivity contribution is -0.146. The molecule has 1 aromatic heterocycles. The Labute approximate surface area is 262 Å². The van der Waals surface area contributed by atoms with E-state index in [0.29, 0.717) is 23.8 Å². The smallest absolute Gasteiger partial charge is 0.238 e. The van der Waals surface area contributed by atoms with Crippen molar-refractivity contribution < 1.29 is 27.2 Å². The van der Waals surface area contributed by atoms with Crippen LogP contribution in [-0.4, -0.2) is 59.0 Å². The zero-order valence-corrected chi connectivity index (χ0v) is 25.2. The van der Waals surface area contributed by atoms with Gasteiger partial charge >= 0.3 is 0 Å². The average molecular weight is 651 g/mol. The Balaban J connectivity index is 1.29. The third-order valence-corrected chi connectivity index (χ3v) is 11.3. The maximum absolute atomic E-state index is 16.0. The predicted molar refractivity (Wildman–Crippen MR) is 156 cm³/mol. The van der Waals surface area contributed by atoms with Crippen LogP contribution < -0.4 is 16.0 Å². The van der Waals surface area contributed by atoms with Crippen LogP contribution in [0.2, 0.25) is 5.02 Å². The van der Waals surface area contributed by atoms with E-state index in [4.69, 9.17) is 27.6 Å². The van der Waals surface area contributed by atoms with Crippen LogP contribution in [0.1, 0.15) is 61.8 Å². The van der Waals surface area contributed by atoms with Crippen molar-refractivity contribution in [2.24, 2.45) is 16.7 Å². The zero-order chi connectivity index (χ0) is 30.9. The molecule has 13 heteroatoms. The number of benzene rings is 1. The van der Waals surface area contributed by atoms with Crippen molar-refractivity contribution in [1.29, 1.82) is 0 Å². The maximum Gasteiger partial charge on any atom is 0.238 e. The van der Waals surface area contributed by atoms with Crippen molar-refractivity contribution in [3.63, 3.8) is 0 Å². The Morgan fingerprint density at radius 1 is 1.14 bits per heavy atom. The first-order chi connectivity index (χ1) is 21.2. The molecule has 44 heavy (non-hydrogen) atoms. The van der Waals surface area contributed by atoms with E-state index in [9.17, 15) is 18.4 Å². The van der Waals surface area contributed by atoms with E-state index < -0.39 is 71.3 Å². The number of nitrogens with one attached hydrogen (secondary N) is 3. The molecule has 1 aromatic carbocycles. The number of fused-ring (bicyclic) bond motifs is 3. The van der Waals surface area contributed by atoms with Gasteiger partial charge in [0, 0.05) is 39.8 Å². The van der Waals surface area contributed by atoms with Crippen LogP contribution in [-0.2, 0) is 9.59 Å². The van der Waals surface area contributed by atoms with Gasteiger partial charge in [0.1, 0.15) is 5.82 Å². The number of aromatic nitrogens is 2. The fraction of sp³-hybridized carbons (Fsp3) is 0.548. The van der Waals surface area contributed by atoms with Gasteiger partial charge in [-0.15, -0.1) is 10.2 Å². The molecule has 2 saturated carbocycles. The van der Waals surface area contributed by atoms with Gasteiger partial charge in [0.05, 0.1) is 35.9 Å². The Kier molecular flexibility index (Phi) is 7.37. The number of hydrogen-bond donors (Lipinski definition) is 3. The normalized spacial score (nSPS) is 34.8. The summed E-state index contributed by atoms with van der Waals surface area (Å²) in [5, 5.41) is 17.6. The Morgan fingerprint density at radius 2 is 1.89 bits per heavy atom. The van der Waals surface area contributed by atoms with Crippen LogP contribution in [0.15, 0.2) is 52.3 Å². The number of alkyl halides is 2. The molecule has 3 heterocycles. The summed E-state index contributed by atoms with van der Waals surface area (Å²) in [6, 6.07) is 2.71. The number of carbonyl (C=O) groups is 2. The van der Waals surface area contributed by atoms with Crippen LogP contribution in [0.4, 0.5) is 13.2 Å². The number of nitrogens with zero attached hydrogens (tertiary/aromatic N) is 2. The molecule has 5 aliphatic rings. The van der Waals surface area contributed by atoms with Crippen molar-refractivity contribution in [3.8, 4) is 0 Å². The summed E-state index contributed by atoms with van der Waals surface area (Å²) in [5.74, 6) is -2.52. The van der Waals surface area contributed by atoms with Crippen molar-refractivity contribution in [2.45, 2.75) is 74.0 Å². The molecule has 4 fully saturated rings. The van der Waals surface area contributed by atoms with Gasteiger partial charge in [0.15, 0.2) is 0 Å². The van der Waals surface area contributed by atoms with Gasteiger partial charge in [-0.1, -0.05) is 41.4 Å². The molecule has 0 radical (unpaired) electrons. The topological polar surface area (TPSA) is 109 Å². The second-order valence-electron chi connectivity index (χ2n) is 13.1. The van der Waals surface area contributed by atoms with E-state index in [1.165, 1.54) is 18.5 Å². The summed E-state index contributed by atoms with van der Waals surface area (Å²) in [7, 11) is 0. The van der Waals surface area contributed by atoms with Gasteiger partial charge in [-0.05, 0) is 62.3 Å². The molecule has 7 rings (SSSR count). The molecule has 8 nitrogen and oxygen atoms in total. The third-order valence-electron chi connectivity index (χ3n) is 10.8. The summed E-state index contributed by atoms with van der Waals surface area (Å²) in [6.45, 7) is -1.84. The lowest BCUT2D eigenvalue weighted by Crippen LogP contribution is -2.70. The Morgan fingerprint density at radius 3 is 2.57 bits per heavy atom. The lowest BCUT2D eigenvalue weighted by atomic mass is 9.44. The summed E-state index contributed by atoms with van der Waals surface area (Å²) in [4.78, 5) is 28.7. The number of carbonyl (C=O) groups excluding carboxylic acids is 2. The number of rotatable bonds is 6. The highest BCUT2D eigenvalue weighted by Crippen LogP contribution is 2.70. The maximum atomic E-state index is 16.0. The molecule has 3 aliphatic carbocycles. The average Bonchev–Trinajstić information content (AvgIpc) is 3.71. The molecule has 2 aromatic rings. The first-order valence-electron chi connectivity index (χ1n) is 14.9. The molecule has 0 bridgehead atoms. The highest BCUT2D eigenvalue weighted by atomic mass is 35.5. The molecule has 2 aliphatic heterocycles. The van der Waals surface area contributed by atoms with Crippen LogP contribution in [0, 0.1) is 22.6 Å². The van der Waals surface area contributed by atoms with E-state index in [2.05, 4.69) is 26.1 Å². The van der Waals surface area contributed by atoms with Gasteiger partial charge in [0.2, 0.25) is 24.1 Å². The Hall–Kier alpha value is -2.89. The van der Waals surface area contributed by atoms with Crippen LogP contribution >= 0.6 is 23.2 Å². The first kappa shape index (κ1) is 29.8. The summed E-state index contributed by atoms with van der Waals surface area (Å²) in [6.07, 6.45) is 9.18. The van der Waals surface area contributed by atoms with Gasteiger partial charge < -0.3 is 15.1 Å². The summed E-state index contributed by atoms with van der Waals surface area (Å²) in [5.41, 5.74) is -3.88. The minimum Gasteiger partial charge on any atom is -0.428 e. The van der Waals surface area contributed by atoms with E-state index in [-0.39, 0.29) is 35.4 Å². The summed E-state index contributed by atoms with van der Waals surface area (Å²) >= 11 is 12.6. The quantitative estimate of drug-likeness (QED) is 0.406. The van der Waals surface area contributed by atoms with E-state index >= 15 is 4.39 Å². The second kappa shape index (κ2) is 10.9. The van der Waals surface area contributed by atoms with Crippen LogP contribution in [0.25, 0.3) is 0 Å². The predicted octanol–water partition coefficient (Wildman–Crippen LogP) is 5.01. The molecular formula is C31H32Cl2F3N5O3. The fourth-order valence-corrected chi connectivity index (χ4v) is 9.36. The number of allylic oxidation sites excluding steroid dienone is 2. The summed E-state index contributed by atoms with van der Waals surface area (Å²) < 4.78 is 50.1. The molecule has 2 spiro atoms. The molecule has 2 amide bonds. The SMILES string of the molecule is O=C(N[C@H]1CC[C@H](c2nnco2)CC1)[C@@H]1NC2(CC(CF)(CF)C2)[C@@]2(C(=O)NC3C=C(Cl)C=CC32)[C@H]1c1cccc(Cl)c1F. The van der Waals surface area contributed by atoms with E-state index in [1.54, 1.807) is 24.3 Å². The molecular weight excluding hydrogens is 618 g/mol. The van der Waals surface area contributed by atoms with Gasteiger partial charge in [-0.2, -0.15) is 0 Å². The fourth-order valence-electron chi connectivity index (χ4n) is 8.97. The monoisotopic (exact) mass is 649 g/mol. The van der Waals surface area contributed by atoms with Crippen molar-refractivity contribution >= 4 is 35.0 Å². The minimum atomic E-state index is -1.47. The molecule has 2 saturated heterocycles. The number of amides is 2. The van der Waals surface area contributed by atoms with Crippen LogP contribution in [0.3, 0.4) is 0 Å². The molecule has 5 atom stereocenters. The highest BCUT2D eigenvalue weighted by Gasteiger charge is 2.80. The van der Waals surface area contributed by atoms with Crippen molar-refractivity contribution in [3.05, 3.63) is 70.1 Å². The minimum absolute atomic E-state index is 0.0350. The van der Waals surface area contributed by atoms with E-state index in [1.807, 2.05) is 0 Å². The standard InChI is InChI=1S/C31H32Cl2F3N5O3/c32-17-6-9-20-22(10-17)39-28(43)31(20)23(19-2-1-3-21(33)24(19)36)25(40-30(31)11-29(12-30,13-34)14-35)26(42)38-18-7-4-16(5-8-18)27-41-37-15-44-27/h1-3,6,9-10,15-16,18,20,22-23,25,40H,4-5,7-8,11-14H2,(H,38,42)(H,39,43)/t16-,18-,20?,22?,23-,25+,31+/m0/s1.